The van der Waals surface area contributed by atoms with Gasteiger partial charge in [-0.1, -0.05) is 5.21 Å². The number of carbonyl (C=O) groups is 2. The van der Waals surface area contributed by atoms with Crippen LogP contribution in [0.2, 0.25) is 0 Å². The SMILES string of the molecule is Cc1ccsc1C(=O)N1CCC2(C1)Cn1nnc(CNC(=O)C3CCOCC3)c1CO2. The number of nitrogens with zero attached hydrogens (tertiary/aromatic N) is 4. The summed E-state index contributed by atoms with van der Waals surface area (Å²) in [5, 5.41) is 13.5. The maximum Gasteiger partial charge on any atom is 0.264 e. The quantitative estimate of drug-likeness (QED) is 0.766. The van der Waals surface area contributed by atoms with Crippen molar-refractivity contribution in [3.05, 3.63) is 33.3 Å². The summed E-state index contributed by atoms with van der Waals surface area (Å²) in [5.74, 6) is 0.134. The van der Waals surface area contributed by atoms with E-state index in [1.165, 1.54) is 11.3 Å². The highest BCUT2D eigenvalue weighted by Gasteiger charge is 2.45. The molecule has 31 heavy (non-hydrogen) atoms. The van der Waals surface area contributed by atoms with E-state index in [2.05, 4.69) is 15.6 Å². The summed E-state index contributed by atoms with van der Waals surface area (Å²) in [5.41, 5.74) is 2.24. The van der Waals surface area contributed by atoms with Crippen LogP contribution in [0.15, 0.2) is 11.4 Å². The Balaban J connectivity index is 1.21. The van der Waals surface area contributed by atoms with Gasteiger partial charge in [-0.2, -0.15) is 0 Å². The first-order valence-corrected chi connectivity index (χ1v) is 11.7. The molecule has 0 saturated carbocycles. The zero-order chi connectivity index (χ0) is 21.4. The predicted octanol–water partition coefficient (Wildman–Crippen LogP) is 1.51. The lowest BCUT2D eigenvalue weighted by molar-refractivity contribution is -0.128. The molecule has 3 aliphatic heterocycles. The van der Waals surface area contributed by atoms with Crippen molar-refractivity contribution in [2.24, 2.45) is 5.92 Å². The molecule has 1 spiro atoms. The van der Waals surface area contributed by atoms with E-state index >= 15 is 0 Å². The number of ether oxygens (including phenoxy) is 2. The van der Waals surface area contributed by atoms with Crippen LogP contribution in [0.1, 0.15) is 45.9 Å². The highest BCUT2D eigenvalue weighted by molar-refractivity contribution is 7.12. The van der Waals surface area contributed by atoms with Gasteiger partial charge in [-0.15, -0.1) is 16.4 Å². The van der Waals surface area contributed by atoms with Crippen LogP contribution in [-0.4, -0.2) is 63.6 Å². The van der Waals surface area contributed by atoms with Crippen LogP contribution in [-0.2, 0) is 34.0 Å². The van der Waals surface area contributed by atoms with Gasteiger partial charge >= 0.3 is 0 Å². The lowest BCUT2D eigenvalue weighted by Gasteiger charge is -2.34. The third-order valence-electron chi connectivity index (χ3n) is 6.55. The van der Waals surface area contributed by atoms with Crippen molar-refractivity contribution in [2.45, 2.75) is 51.5 Å². The van der Waals surface area contributed by atoms with Crippen LogP contribution in [0.3, 0.4) is 0 Å². The van der Waals surface area contributed by atoms with Crippen molar-refractivity contribution in [3.63, 3.8) is 0 Å². The van der Waals surface area contributed by atoms with E-state index in [0.29, 0.717) is 46.0 Å². The van der Waals surface area contributed by atoms with E-state index in [9.17, 15) is 9.59 Å². The van der Waals surface area contributed by atoms with Gasteiger partial charge in [0, 0.05) is 25.7 Å². The van der Waals surface area contributed by atoms with E-state index in [-0.39, 0.29) is 17.7 Å². The molecule has 0 radical (unpaired) electrons. The Morgan fingerprint density at radius 3 is 2.94 bits per heavy atom. The van der Waals surface area contributed by atoms with E-state index in [1.807, 2.05) is 28.0 Å². The molecule has 3 aliphatic rings. The summed E-state index contributed by atoms with van der Waals surface area (Å²) in [6, 6.07) is 1.98. The van der Waals surface area contributed by atoms with Gasteiger partial charge in [0.05, 0.1) is 36.8 Å². The van der Waals surface area contributed by atoms with Gasteiger partial charge in [0.1, 0.15) is 11.3 Å². The fraction of sp³-hybridized carbons (Fsp3) is 0.619. The Labute approximate surface area is 184 Å². The molecular weight excluding hydrogens is 418 g/mol. The van der Waals surface area contributed by atoms with Crippen LogP contribution < -0.4 is 5.32 Å². The molecule has 2 saturated heterocycles. The minimum absolute atomic E-state index is 0.00802. The Morgan fingerprint density at radius 1 is 1.32 bits per heavy atom. The third kappa shape index (κ3) is 3.99. The molecule has 1 unspecified atom stereocenters. The van der Waals surface area contributed by atoms with Crippen molar-refractivity contribution in [1.29, 1.82) is 0 Å². The topological polar surface area (TPSA) is 98.6 Å². The molecule has 2 aromatic heterocycles. The summed E-state index contributed by atoms with van der Waals surface area (Å²) < 4.78 is 13.5. The minimum atomic E-state index is -0.426. The molecule has 0 aliphatic carbocycles. The molecule has 1 N–H and O–H groups in total. The standard InChI is InChI=1S/C21H27N5O4S/c1-14-4-9-31-18(14)20(28)25-6-5-21(12-25)13-26-17(11-30-21)16(23-24-26)10-22-19(27)15-2-7-29-8-3-15/h4,9,15H,2-3,5-8,10-13H2,1H3,(H,22,27). The second-order valence-electron chi connectivity index (χ2n) is 8.63. The number of likely N-dealkylation sites (tertiary alicyclic amines) is 1. The van der Waals surface area contributed by atoms with Crippen molar-refractivity contribution < 1.29 is 19.1 Å². The number of fused-ring (bicyclic) bond motifs is 1. The molecule has 2 aromatic rings. The molecule has 9 nitrogen and oxygen atoms in total. The molecule has 5 heterocycles. The number of hydrogen-bond acceptors (Lipinski definition) is 7. The molecule has 2 amide bonds. The summed E-state index contributed by atoms with van der Waals surface area (Å²) in [6.07, 6.45) is 2.30. The molecule has 166 valence electrons. The van der Waals surface area contributed by atoms with Gasteiger partial charge in [0.25, 0.3) is 5.91 Å². The first-order chi connectivity index (χ1) is 15.0. The monoisotopic (exact) mass is 445 g/mol. The number of carbonyl (C=O) groups excluding carboxylic acids is 2. The largest absolute Gasteiger partial charge is 0.381 e. The number of rotatable bonds is 4. The van der Waals surface area contributed by atoms with Crippen molar-refractivity contribution in [1.82, 2.24) is 25.2 Å². The normalized spacial score (nSPS) is 23.8. The molecule has 2 fully saturated rings. The zero-order valence-electron chi connectivity index (χ0n) is 17.6. The first-order valence-electron chi connectivity index (χ1n) is 10.8. The summed E-state index contributed by atoms with van der Waals surface area (Å²) >= 11 is 1.49. The highest BCUT2D eigenvalue weighted by Crippen LogP contribution is 2.34. The number of hydrogen-bond donors (Lipinski definition) is 1. The second-order valence-corrected chi connectivity index (χ2v) is 9.54. The molecular formula is C21H27N5O4S. The van der Waals surface area contributed by atoms with Gasteiger partial charge in [-0.3, -0.25) is 9.59 Å². The van der Waals surface area contributed by atoms with Crippen LogP contribution in [0.25, 0.3) is 0 Å². The predicted molar refractivity (Wildman–Crippen MR) is 113 cm³/mol. The Hall–Kier alpha value is -2.30. The second kappa shape index (κ2) is 8.33. The Morgan fingerprint density at radius 2 is 2.16 bits per heavy atom. The summed E-state index contributed by atoms with van der Waals surface area (Å²) in [6.45, 7) is 5.78. The van der Waals surface area contributed by atoms with E-state index < -0.39 is 5.60 Å². The van der Waals surface area contributed by atoms with E-state index in [1.54, 1.807) is 0 Å². The summed E-state index contributed by atoms with van der Waals surface area (Å²) in [7, 11) is 0. The van der Waals surface area contributed by atoms with Crippen LogP contribution >= 0.6 is 11.3 Å². The molecule has 0 bridgehead atoms. The Kier molecular flexibility index (Phi) is 5.53. The van der Waals surface area contributed by atoms with Crippen LogP contribution in [0.5, 0.6) is 0 Å². The van der Waals surface area contributed by atoms with Crippen LogP contribution in [0.4, 0.5) is 0 Å². The number of thiophene rings is 1. The highest BCUT2D eigenvalue weighted by atomic mass is 32.1. The van der Waals surface area contributed by atoms with Gasteiger partial charge in [0.15, 0.2) is 0 Å². The van der Waals surface area contributed by atoms with E-state index in [0.717, 1.165) is 41.1 Å². The Bertz CT molecular complexity index is 982. The lowest BCUT2D eigenvalue weighted by Crippen LogP contribution is -2.45. The first kappa shape index (κ1) is 20.6. The molecule has 0 aromatic carbocycles. The van der Waals surface area contributed by atoms with Crippen molar-refractivity contribution in [3.8, 4) is 0 Å². The fourth-order valence-corrected chi connectivity index (χ4v) is 5.50. The number of amides is 2. The molecule has 10 heteroatoms. The fourth-order valence-electron chi connectivity index (χ4n) is 4.61. The number of aryl methyl sites for hydroxylation is 1. The zero-order valence-corrected chi connectivity index (χ0v) is 18.4. The van der Waals surface area contributed by atoms with Gasteiger partial charge in [-0.05, 0) is 43.2 Å². The summed E-state index contributed by atoms with van der Waals surface area (Å²) in [4.78, 5) is 28.0. The van der Waals surface area contributed by atoms with Gasteiger partial charge in [-0.25, -0.2) is 4.68 Å². The average molecular weight is 446 g/mol. The number of nitrogens with one attached hydrogen (secondary N) is 1. The van der Waals surface area contributed by atoms with Gasteiger partial charge < -0.3 is 19.7 Å². The van der Waals surface area contributed by atoms with Crippen LogP contribution in [0, 0.1) is 12.8 Å². The smallest absolute Gasteiger partial charge is 0.264 e. The average Bonchev–Trinajstić information content (AvgIpc) is 3.51. The minimum Gasteiger partial charge on any atom is -0.381 e. The maximum atomic E-state index is 12.9. The molecule has 5 rings (SSSR count). The van der Waals surface area contributed by atoms with E-state index in [4.69, 9.17) is 9.47 Å². The maximum absolute atomic E-state index is 12.9. The van der Waals surface area contributed by atoms with Crippen molar-refractivity contribution >= 4 is 23.2 Å². The lowest BCUT2D eigenvalue weighted by atomic mass is 9.99. The number of aromatic nitrogens is 3. The van der Waals surface area contributed by atoms with Gasteiger partial charge in [0.2, 0.25) is 5.91 Å². The molecule has 1 atom stereocenters. The van der Waals surface area contributed by atoms with Crippen molar-refractivity contribution in [2.75, 3.05) is 26.3 Å². The third-order valence-corrected chi connectivity index (χ3v) is 7.56.